The third-order valence-corrected chi connectivity index (χ3v) is 2.96. The van der Waals surface area contributed by atoms with Crippen molar-refractivity contribution in [1.82, 2.24) is 14.9 Å². The summed E-state index contributed by atoms with van der Waals surface area (Å²) in [6.07, 6.45) is 4.77. The molecule has 0 aliphatic carbocycles. The maximum absolute atomic E-state index is 5.83. The molecule has 0 atom stereocenters. The molecule has 0 unspecified atom stereocenters. The van der Waals surface area contributed by atoms with Crippen LogP contribution in [0.2, 0.25) is 5.02 Å². The topological polar surface area (TPSA) is 29.9 Å². The minimum atomic E-state index is 0.787. The fraction of sp³-hybridized carbons (Fsp3) is 0.308. The molecular weight excluding hydrogens is 234 g/mol. The van der Waals surface area contributed by atoms with Crippen LogP contribution in [-0.2, 0) is 20.0 Å². The van der Waals surface area contributed by atoms with E-state index in [9.17, 15) is 0 Å². The van der Waals surface area contributed by atoms with Crippen molar-refractivity contribution in [3.8, 4) is 0 Å². The van der Waals surface area contributed by atoms with E-state index in [1.807, 2.05) is 36.1 Å². The lowest BCUT2D eigenvalue weighted by Crippen LogP contribution is -2.18. The van der Waals surface area contributed by atoms with Crippen LogP contribution in [0.15, 0.2) is 36.7 Å². The first-order chi connectivity index (χ1) is 8.25. The first-order valence-electron chi connectivity index (χ1n) is 5.67. The molecule has 0 amide bonds. The van der Waals surface area contributed by atoms with Gasteiger partial charge in [-0.15, -0.1) is 0 Å². The van der Waals surface area contributed by atoms with Crippen molar-refractivity contribution in [3.05, 3.63) is 53.1 Å². The Labute approximate surface area is 106 Å². The van der Waals surface area contributed by atoms with Gasteiger partial charge in [0, 0.05) is 24.5 Å². The Hall–Kier alpha value is -1.32. The van der Waals surface area contributed by atoms with Crippen LogP contribution >= 0.6 is 11.6 Å². The van der Waals surface area contributed by atoms with E-state index in [4.69, 9.17) is 11.6 Å². The number of nitrogens with one attached hydrogen (secondary N) is 1. The molecule has 1 aromatic carbocycles. The van der Waals surface area contributed by atoms with Gasteiger partial charge in [-0.3, -0.25) is 0 Å². The van der Waals surface area contributed by atoms with Gasteiger partial charge in [0.1, 0.15) is 5.82 Å². The Bertz CT molecular complexity index is 462. The fourth-order valence-electron chi connectivity index (χ4n) is 1.65. The van der Waals surface area contributed by atoms with E-state index in [1.54, 1.807) is 0 Å². The van der Waals surface area contributed by atoms with E-state index in [0.717, 1.165) is 30.4 Å². The van der Waals surface area contributed by atoms with Crippen molar-refractivity contribution in [2.24, 2.45) is 7.05 Å². The molecule has 2 aromatic rings. The second-order valence-electron chi connectivity index (χ2n) is 4.01. The summed E-state index contributed by atoms with van der Waals surface area (Å²) >= 11 is 5.83. The lowest BCUT2D eigenvalue weighted by atomic mass is 10.1. The van der Waals surface area contributed by atoms with Gasteiger partial charge < -0.3 is 9.88 Å². The number of nitrogens with zero attached hydrogens (tertiary/aromatic N) is 2. The Morgan fingerprint density at radius 1 is 1.29 bits per heavy atom. The molecule has 0 aliphatic heterocycles. The van der Waals surface area contributed by atoms with E-state index >= 15 is 0 Å². The summed E-state index contributed by atoms with van der Waals surface area (Å²) in [6, 6.07) is 7.97. The van der Waals surface area contributed by atoms with Crippen LogP contribution in [0.4, 0.5) is 0 Å². The number of aromatic nitrogens is 2. The minimum Gasteiger partial charge on any atom is -0.337 e. The number of hydrogen-bond donors (Lipinski definition) is 1. The lowest BCUT2D eigenvalue weighted by Gasteiger charge is -2.05. The summed E-state index contributed by atoms with van der Waals surface area (Å²) in [5.41, 5.74) is 1.29. The van der Waals surface area contributed by atoms with Gasteiger partial charge in [0.2, 0.25) is 0 Å². The quantitative estimate of drug-likeness (QED) is 0.825. The molecule has 1 heterocycles. The van der Waals surface area contributed by atoms with E-state index in [2.05, 4.69) is 22.4 Å². The second kappa shape index (κ2) is 5.84. The predicted molar refractivity (Wildman–Crippen MR) is 70.1 cm³/mol. The van der Waals surface area contributed by atoms with E-state index < -0.39 is 0 Å². The van der Waals surface area contributed by atoms with Crippen LogP contribution in [0.25, 0.3) is 0 Å². The Morgan fingerprint density at radius 3 is 2.71 bits per heavy atom. The molecule has 1 aromatic heterocycles. The number of halogens is 1. The molecule has 4 heteroatoms. The van der Waals surface area contributed by atoms with Crippen LogP contribution in [0.1, 0.15) is 11.4 Å². The summed E-state index contributed by atoms with van der Waals surface area (Å²) in [5, 5.41) is 4.16. The number of hydrogen-bond acceptors (Lipinski definition) is 2. The van der Waals surface area contributed by atoms with Gasteiger partial charge in [-0.1, -0.05) is 23.7 Å². The summed E-state index contributed by atoms with van der Waals surface area (Å²) in [6.45, 7) is 1.74. The monoisotopic (exact) mass is 249 g/mol. The van der Waals surface area contributed by atoms with Crippen molar-refractivity contribution >= 4 is 11.6 Å². The summed E-state index contributed by atoms with van der Waals surface area (Å²) in [7, 11) is 2.00. The average Bonchev–Trinajstić information content (AvgIpc) is 2.73. The molecule has 0 radical (unpaired) electrons. The Kier molecular flexibility index (Phi) is 4.18. The average molecular weight is 250 g/mol. The van der Waals surface area contributed by atoms with Crippen LogP contribution in [0.5, 0.6) is 0 Å². The highest BCUT2D eigenvalue weighted by Gasteiger charge is 1.98. The van der Waals surface area contributed by atoms with E-state index in [-0.39, 0.29) is 0 Å². The highest BCUT2D eigenvalue weighted by Crippen LogP contribution is 2.09. The van der Waals surface area contributed by atoms with Crippen molar-refractivity contribution < 1.29 is 0 Å². The molecule has 3 nitrogen and oxygen atoms in total. The van der Waals surface area contributed by atoms with Crippen molar-refractivity contribution in [3.63, 3.8) is 0 Å². The Morgan fingerprint density at radius 2 is 2.06 bits per heavy atom. The highest BCUT2D eigenvalue weighted by atomic mass is 35.5. The van der Waals surface area contributed by atoms with Crippen molar-refractivity contribution in [2.75, 3.05) is 6.54 Å². The van der Waals surface area contributed by atoms with Crippen LogP contribution in [0.3, 0.4) is 0 Å². The molecule has 0 saturated carbocycles. The fourth-order valence-corrected chi connectivity index (χ4v) is 1.78. The van der Waals surface area contributed by atoms with Gasteiger partial charge >= 0.3 is 0 Å². The third kappa shape index (κ3) is 3.58. The molecule has 0 fully saturated rings. The van der Waals surface area contributed by atoms with Crippen molar-refractivity contribution in [1.29, 1.82) is 0 Å². The highest BCUT2D eigenvalue weighted by molar-refractivity contribution is 6.30. The molecule has 0 aliphatic rings. The molecule has 17 heavy (non-hydrogen) atoms. The SMILES string of the molecule is Cn1ccnc1CNCCc1ccc(Cl)cc1. The summed E-state index contributed by atoms with van der Waals surface area (Å²) in [5.74, 6) is 1.06. The first kappa shape index (κ1) is 12.1. The zero-order chi connectivity index (χ0) is 12.1. The largest absolute Gasteiger partial charge is 0.337 e. The standard InChI is InChI=1S/C13H16ClN3/c1-17-9-8-16-13(17)10-15-7-6-11-2-4-12(14)5-3-11/h2-5,8-9,15H,6-7,10H2,1H3. The molecule has 0 saturated heterocycles. The predicted octanol–water partition coefficient (Wildman–Crippen LogP) is 2.41. The van der Waals surface area contributed by atoms with Crippen molar-refractivity contribution in [2.45, 2.75) is 13.0 Å². The van der Waals surface area contributed by atoms with E-state index in [1.165, 1.54) is 5.56 Å². The normalized spacial score (nSPS) is 10.7. The molecule has 2 rings (SSSR count). The number of rotatable bonds is 5. The third-order valence-electron chi connectivity index (χ3n) is 2.71. The maximum Gasteiger partial charge on any atom is 0.122 e. The van der Waals surface area contributed by atoms with Crippen LogP contribution in [0, 0.1) is 0 Å². The molecule has 0 bridgehead atoms. The molecular formula is C13H16ClN3. The smallest absolute Gasteiger partial charge is 0.122 e. The number of benzene rings is 1. The zero-order valence-electron chi connectivity index (χ0n) is 9.86. The maximum atomic E-state index is 5.83. The second-order valence-corrected chi connectivity index (χ2v) is 4.44. The zero-order valence-corrected chi connectivity index (χ0v) is 10.6. The number of aryl methyl sites for hydroxylation is 1. The van der Waals surface area contributed by atoms with Gasteiger partial charge in [-0.05, 0) is 30.7 Å². The van der Waals surface area contributed by atoms with E-state index in [0.29, 0.717) is 0 Å². The summed E-state index contributed by atoms with van der Waals surface area (Å²) in [4.78, 5) is 4.25. The molecule has 1 N–H and O–H groups in total. The number of imidazole rings is 1. The van der Waals surface area contributed by atoms with Crippen LogP contribution in [-0.4, -0.2) is 16.1 Å². The van der Waals surface area contributed by atoms with Gasteiger partial charge in [-0.2, -0.15) is 0 Å². The summed E-state index contributed by atoms with van der Waals surface area (Å²) < 4.78 is 2.02. The molecule has 0 spiro atoms. The van der Waals surface area contributed by atoms with Crippen LogP contribution < -0.4 is 5.32 Å². The first-order valence-corrected chi connectivity index (χ1v) is 6.05. The van der Waals surface area contributed by atoms with Gasteiger partial charge in [-0.25, -0.2) is 4.98 Å². The lowest BCUT2D eigenvalue weighted by molar-refractivity contribution is 0.638. The minimum absolute atomic E-state index is 0.787. The molecule has 90 valence electrons. The van der Waals surface area contributed by atoms with Gasteiger partial charge in [0.15, 0.2) is 0 Å². The van der Waals surface area contributed by atoms with Gasteiger partial charge in [0.05, 0.1) is 6.54 Å². The van der Waals surface area contributed by atoms with Gasteiger partial charge in [0.25, 0.3) is 0 Å². The Balaban J connectivity index is 1.73.